The minimum absolute atomic E-state index is 0.0531. The molecule has 19 heavy (non-hydrogen) atoms. The summed E-state index contributed by atoms with van der Waals surface area (Å²) in [6.45, 7) is 6.31. The van der Waals surface area contributed by atoms with Crippen molar-refractivity contribution in [2.24, 2.45) is 0 Å². The third-order valence-electron chi connectivity index (χ3n) is 3.21. The van der Waals surface area contributed by atoms with Gasteiger partial charge in [-0.2, -0.15) is 5.10 Å². The molecule has 0 saturated carbocycles. The van der Waals surface area contributed by atoms with Crippen LogP contribution >= 0.6 is 11.6 Å². The molecular formula is C15H20ClN3. The van der Waals surface area contributed by atoms with E-state index in [2.05, 4.69) is 55.5 Å². The summed E-state index contributed by atoms with van der Waals surface area (Å²) >= 11 is 6.33. The highest BCUT2D eigenvalue weighted by atomic mass is 35.5. The summed E-state index contributed by atoms with van der Waals surface area (Å²) in [5.74, 6) is 0. The number of aromatic nitrogens is 2. The van der Waals surface area contributed by atoms with E-state index in [0.29, 0.717) is 5.02 Å². The monoisotopic (exact) mass is 277 g/mol. The molecule has 1 unspecified atom stereocenters. The van der Waals surface area contributed by atoms with Crippen LogP contribution < -0.4 is 5.32 Å². The van der Waals surface area contributed by atoms with Gasteiger partial charge in [0.15, 0.2) is 0 Å². The van der Waals surface area contributed by atoms with Gasteiger partial charge in [-0.25, -0.2) is 0 Å². The lowest BCUT2D eigenvalue weighted by atomic mass is 10.0. The zero-order chi connectivity index (χ0) is 14.0. The van der Waals surface area contributed by atoms with Gasteiger partial charge in [0, 0.05) is 6.04 Å². The van der Waals surface area contributed by atoms with Crippen molar-refractivity contribution in [3.8, 4) is 0 Å². The van der Waals surface area contributed by atoms with E-state index in [9.17, 15) is 0 Å². The second-order valence-electron chi connectivity index (χ2n) is 5.05. The molecule has 4 heteroatoms. The van der Waals surface area contributed by atoms with Gasteiger partial charge < -0.3 is 5.32 Å². The molecule has 102 valence electrons. The van der Waals surface area contributed by atoms with Crippen molar-refractivity contribution in [3.63, 3.8) is 0 Å². The van der Waals surface area contributed by atoms with Crippen LogP contribution in [0.2, 0.25) is 5.02 Å². The van der Waals surface area contributed by atoms with Crippen molar-refractivity contribution in [1.82, 2.24) is 15.1 Å². The Hall–Kier alpha value is -1.32. The maximum Gasteiger partial charge on any atom is 0.0837 e. The molecule has 1 heterocycles. The van der Waals surface area contributed by atoms with Crippen LogP contribution in [-0.4, -0.2) is 16.8 Å². The lowest BCUT2D eigenvalue weighted by molar-refractivity contribution is 0.484. The largest absolute Gasteiger partial charge is 0.308 e. The topological polar surface area (TPSA) is 29.9 Å². The molecule has 0 fully saturated rings. The highest BCUT2D eigenvalue weighted by Gasteiger charge is 2.21. The van der Waals surface area contributed by atoms with Crippen LogP contribution in [0.15, 0.2) is 30.5 Å². The second-order valence-corrected chi connectivity index (χ2v) is 5.46. The van der Waals surface area contributed by atoms with E-state index in [4.69, 9.17) is 11.6 Å². The molecule has 3 nitrogen and oxygen atoms in total. The van der Waals surface area contributed by atoms with Crippen molar-refractivity contribution in [3.05, 3.63) is 52.3 Å². The van der Waals surface area contributed by atoms with Crippen LogP contribution in [-0.2, 0) is 0 Å². The number of halogens is 1. The molecule has 1 aromatic heterocycles. The standard InChI is InChI=1S/C15H20ClN3/c1-10(2)19-15(13(16)9-18-19)14(17-4)12-7-5-6-11(3)8-12/h5-10,14,17H,1-4H3. The van der Waals surface area contributed by atoms with Crippen molar-refractivity contribution in [1.29, 1.82) is 0 Å². The minimum Gasteiger partial charge on any atom is -0.308 e. The Morgan fingerprint density at radius 3 is 2.63 bits per heavy atom. The zero-order valence-corrected chi connectivity index (χ0v) is 12.6. The molecule has 0 aliphatic rings. The minimum atomic E-state index is 0.0531. The first-order valence-electron chi connectivity index (χ1n) is 6.51. The van der Waals surface area contributed by atoms with E-state index < -0.39 is 0 Å². The van der Waals surface area contributed by atoms with Crippen LogP contribution in [0.3, 0.4) is 0 Å². The van der Waals surface area contributed by atoms with Crippen molar-refractivity contribution in [2.75, 3.05) is 7.05 Å². The smallest absolute Gasteiger partial charge is 0.0837 e. The first kappa shape index (κ1) is 14.1. The normalized spacial score (nSPS) is 12.9. The van der Waals surface area contributed by atoms with Crippen molar-refractivity contribution >= 4 is 11.6 Å². The summed E-state index contributed by atoms with van der Waals surface area (Å²) in [6, 6.07) is 8.79. The van der Waals surface area contributed by atoms with E-state index in [1.807, 2.05) is 11.7 Å². The number of hydrogen-bond acceptors (Lipinski definition) is 2. The fraction of sp³-hybridized carbons (Fsp3) is 0.400. The van der Waals surface area contributed by atoms with Gasteiger partial charge in [-0.05, 0) is 33.4 Å². The maximum absolute atomic E-state index is 6.33. The molecule has 0 saturated heterocycles. The van der Waals surface area contributed by atoms with Gasteiger partial charge >= 0.3 is 0 Å². The maximum atomic E-state index is 6.33. The Bertz CT molecular complexity index is 560. The first-order valence-corrected chi connectivity index (χ1v) is 6.89. The number of hydrogen-bond donors (Lipinski definition) is 1. The lowest BCUT2D eigenvalue weighted by Crippen LogP contribution is -2.22. The number of rotatable bonds is 4. The zero-order valence-electron chi connectivity index (χ0n) is 11.8. The Balaban J connectivity index is 2.51. The SMILES string of the molecule is CNC(c1cccc(C)c1)c1c(Cl)cnn1C(C)C. The Morgan fingerprint density at radius 1 is 1.32 bits per heavy atom. The van der Waals surface area contributed by atoms with Crippen molar-refractivity contribution in [2.45, 2.75) is 32.9 Å². The third-order valence-corrected chi connectivity index (χ3v) is 3.50. The molecule has 0 spiro atoms. The molecule has 0 amide bonds. The van der Waals surface area contributed by atoms with Gasteiger partial charge in [0.1, 0.15) is 0 Å². The highest BCUT2D eigenvalue weighted by Crippen LogP contribution is 2.30. The first-order chi connectivity index (χ1) is 9.04. The van der Waals surface area contributed by atoms with Gasteiger partial charge in [0.2, 0.25) is 0 Å². The summed E-state index contributed by atoms with van der Waals surface area (Å²) in [5, 5.41) is 8.42. The Morgan fingerprint density at radius 2 is 2.05 bits per heavy atom. The van der Waals surface area contributed by atoms with E-state index >= 15 is 0 Å². The average Bonchev–Trinajstić information content (AvgIpc) is 2.73. The van der Waals surface area contributed by atoms with Gasteiger partial charge in [0.25, 0.3) is 0 Å². The van der Waals surface area contributed by atoms with Gasteiger partial charge in [-0.3, -0.25) is 4.68 Å². The van der Waals surface area contributed by atoms with E-state index in [-0.39, 0.29) is 12.1 Å². The number of nitrogens with one attached hydrogen (secondary N) is 1. The summed E-state index contributed by atoms with van der Waals surface area (Å²) in [6.07, 6.45) is 1.72. The fourth-order valence-corrected chi connectivity index (χ4v) is 2.58. The molecule has 2 rings (SSSR count). The van der Waals surface area contributed by atoms with Crippen LogP contribution in [0.4, 0.5) is 0 Å². The molecule has 2 aromatic rings. The lowest BCUT2D eigenvalue weighted by Gasteiger charge is -2.21. The van der Waals surface area contributed by atoms with E-state index in [1.54, 1.807) is 6.20 Å². The van der Waals surface area contributed by atoms with Crippen LogP contribution in [0.1, 0.15) is 42.8 Å². The van der Waals surface area contributed by atoms with Crippen molar-refractivity contribution < 1.29 is 0 Å². The van der Waals surface area contributed by atoms with Crippen LogP contribution in [0.25, 0.3) is 0 Å². The molecule has 0 aliphatic carbocycles. The van der Waals surface area contributed by atoms with E-state index in [1.165, 1.54) is 11.1 Å². The third kappa shape index (κ3) is 2.82. The molecule has 0 radical (unpaired) electrons. The predicted octanol–water partition coefficient (Wildman–Crippen LogP) is 3.73. The number of aryl methyl sites for hydroxylation is 1. The Labute approximate surface area is 119 Å². The summed E-state index contributed by atoms with van der Waals surface area (Å²) < 4.78 is 1.98. The van der Waals surface area contributed by atoms with Gasteiger partial charge in [-0.15, -0.1) is 0 Å². The predicted molar refractivity (Wildman–Crippen MR) is 79.7 cm³/mol. The molecule has 1 atom stereocenters. The molecule has 0 bridgehead atoms. The second kappa shape index (κ2) is 5.76. The highest BCUT2D eigenvalue weighted by molar-refractivity contribution is 6.31. The average molecular weight is 278 g/mol. The molecule has 1 N–H and O–H groups in total. The van der Waals surface area contributed by atoms with Gasteiger partial charge in [0.05, 0.1) is 23.0 Å². The molecule has 1 aromatic carbocycles. The fourth-order valence-electron chi connectivity index (χ4n) is 2.34. The van der Waals surface area contributed by atoms with Gasteiger partial charge in [-0.1, -0.05) is 41.4 Å². The summed E-state index contributed by atoms with van der Waals surface area (Å²) in [4.78, 5) is 0. The number of benzene rings is 1. The quantitative estimate of drug-likeness (QED) is 0.923. The molecule has 0 aliphatic heterocycles. The molecular weight excluding hydrogens is 258 g/mol. The Kier molecular flexibility index (Phi) is 4.27. The number of nitrogens with zero attached hydrogens (tertiary/aromatic N) is 2. The van der Waals surface area contributed by atoms with Crippen LogP contribution in [0.5, 0.6) is 0 Å². The summed E-state index contributed by atoms with van der Waals surface area (Å²) in [5.41, 5.74) is 3.46. The van der Waals surface area contributed by atoms with E-state index in [0.717, 1.165) is 5.69 Å². The summed E-state index contributed by atoms with van der Waals surface area (Å²) in [7, 11) is 1.95. The van der Waals surface area contributed by atoms with Crippen LogP contribution in [0, 0.1) is 6.92 Å².